The SMILES string of the molecule is NCCCOC1CCN(C(=O)c2cc(O)cc(O)c2)CC1. The highest BCUT2D eigenvalue weighted by atomic mass is 16.5. The third-order valence-corrected chi connectivity index (χ3v) is 3.58. The maximum atomic E-state index is 12.3. The Bertz CT molecular complexity index is 464. The molecule has 21 heavy (non-hydrogen) atoms. The number of aromatic hydroxyl groups is 2. The number of ether oxygens (including phenoxy) is 1. The second kappa shape index (κ2) is 7.28. The Morgan fingerprint density at radius 1 is 1.24 bits per heavy atom. The van der Waals surface area contributed by atoms with Crippen LogP contribution in [0.2, 0.25) is 0 Å². The summed E-state index contributed by atoms with van der Waals surface area (Å²) < 4.78 is 5.70. The molecule has 0 atom stereocenters. The molecule has 0 aliphatic carbocycles. The second-order valence-electron chi connectivity index (χ2n) is 5.24. The molecule has 0 unspecified atom stereocenters. The van der Waals surface area contributed by atoms with E-state index in [-0.39, 0.29) is 23.5 Å². The minimum absolute atomic E-state index is 0.113. The average Bonchev–Trinajstić information content (AvgIpc) is 2.46. The van der Waals surface area contributed by atoms with Crippen LogP contribution < -0.4 is 5.73 Å². The van der Waals surface area contributed by atoms with E-state index in [0.717, 1.165) is 19.3 Å². The van der Waals surface area contributed by atoms with E-state index in [4.69, 9.17) is 10.5 Å². The summed E-state index contributed by atoms with van der Waals surface area (Å²) in [5, 5.41) is 18.9. The van der Waals surface area contributed by atoms with E-state index in [9.17, 15) is 15.0 Å². The molecule has 0 aromatic heterocycles. The van der Waals surface area contributed by atoms with Crippen molar-refractivity contribution in [3.8, 4) is 11.5 Å². The summed E-state index contributed by atoms with van der Waals surface area (Å²) in [6.07, 6.45) is 2.61. The Morgan fingerprint density at radius 3 is 2.43 bits per heavy atom. The molecular weight excluding hydrogens is 272 g/mol. The van der Waals surface area contributed by atoms with Gasteiger partial charge in [0.25, 0.3) is 5.91 Å². The molecule has 0 saturated carbocycles. The highest BCUT2D eigenvalue weighted by Crippen LogP contribution is 2.23. The molecule has 1 aromatic rings. The predicted octanol–water partition coefficient (Wildman–Crippen LogP) is 1.07. The van der Waals surface area contributed by atoms with E-state index in [2.05, 4.69) is 0 Å². The van der Waals surface area contributed by atoms with Gasteiger partial charge in [-0.1, -0.05) is 0 Å². The Labute approximate surface area is 124 Å². The van der Waals surface area contributed by atoms with Crippen molar-refractivity contribution in [3.05, 3.63) is 23.8 Å². The predicted molar refractivity (Wildman–Crippen MR) is 78.3 cm³/mol. The van der Waals surface area contributed by atoms with Crippen molar-refractivity contribution in [2.24, 2.45) is 5.73 Å². The third-order valence-electron chi connectivity index (χ3n) is 3.58. The number of carbonyl (C=O) groups excluding carboxylic acids is 1. The summed E-state index contributed by atoms with van der Waals surface area (Å²) in [4.78, 5) is 14.0. The number of hydrogen-bond donors (Lipinski definition) is 3. The molecular formula is C15H22N2O4. The van der Waals surface area contributed by atoms with Crippen molar-refractivity contribution in [3.63, 3.8) is 0 Å². The largest absolute Gasteiger partial charge is 0.508 e. The van der Waals surface area contributed by atoms with Crippen LogP contribution in [0.1, 0.15) is 29.6 Å². The van der Waals surface area contributed by atoms with E-state index in [1.807, 2.05) is 0 Å². The van der Waals surface area contributed by atoms with E-state index in [0.29, 0.717) is 31.8 Å². The molecule has 0 radical (unpaired) electrons. The number of amides is 1. The summed E-state index contributed by atoms with van der Waals surface area (Å²) in [5.74, 6) is -0.404. The fourth-order valence-electron chi connectivity index (χ4n) is 2.46. The molecule has 4 N–H and O–H groups in total. The van der Waals surface area contributed by atoms with Crippen molar-refractivity contribution in [1.82, 2.24) is 4.90 Å². The molecule has 0 spiro atoms. The second-order valence-corrected chi connectivity index (χ2v) is 5.24. The Morgan fingerprint density at radius 2 is 1.86 bits per heavy atom. The Kier molecular flexibility index (Phi) is 5.41. The highest BCUT2D eigenvalue weighted by Gasteiger charge is 2.24. The molecule has 116 valence electrons. The number of nitrogens with two attached hydrogens (primary N) is 1. The van der Waals surface area contributed by atoms with Crippen LogP contribution in [0.5, 0.6) is 11.5 Å². The van der Waals surface area contributed by atoms with E-state index < -0.39 is 0 Å². The van der Waals surface area contributed by atoms with Crippen molar-refractivity contribution in [2.45, 2.75) is 25.4 Å². The number of piperidine rings is 1. The van der Waals surface area contributed by atoms with Crippen LogP contribution in [0.4, 0.5) is 0 Å². The van der Waals surface area contributed by atoms with E-state index in [1.165, 1.54) is 18.2 Å². The smallest absolute Gasteiger partial charge is 0.254 e. The van der Waals surface area contributed by atoms with Crippen LogP contribution in [0.25, 0.3) is 0 Å². The number of carbonyl (C=O) groups is 1. The molecule has 1 heterocycles. The first-order valence-corrected chi connectivity index (χ1v) is 7.24. The quantitative estimate of drug-likeness (QED) is 0.706. The number of nitrogens with zero attached hydrogens (tertiary/aromatic N) is 1. The maximum absolute atomic E-state index is 12.3. The van der Waals surface area contributed by atoms with E-state index in [1.54, 1.807) is 4.90 Å². The molecule has 0 bridgehead atoms. The van der Waals surface area contributed by atoms with Gasteiger partial charge < -0.3 is 25.6 Å². The van der Waals surface area contributed by atoms with Crippen molar-refractivity contribution in [1.29, 1.82) is 0 Å². The maximum Gasteiger partial charge on any atom is 0.254 e. The molecule has 1 amide bonds. The van der Waals surface area contributed by atoms with Crippen LogP contribution in [0, 0.1) is 0 Å². The summed E-state index contributed by atoms with van der Waals surface area (Å²) in [6.45, 7) is 2.51. The lowest BCUT2D eigenvalue weighted by Crippen LogP contribution is -2.41. The van der Waals surface area contributed by atoms with Gasteiger partial charge in [0, 0.05) is 31.3 Å². The van der Waals surface area contributed by atoms with Crippen LogP contribution in [0.15, 0.2) is 18.2 Å². The van der Waals surface area contributed by atoms with Gasteiger partial charge in [0.1, 0.15) is 11.5 Å². The first-order chi connectivity index (χ1) is 10.1. The summed E-state index contributed by atoms with van der Waals surface area (Å²) >= 11 is 0. The topological polar surface area (TPSA) is 96.0 Å². The number of rotatable bonds is 5. The fourth-order valence-corrected chi connectivity index (χ4v) is 2.46. The lowest BCUT2D eigenvalue weighted by Gasteiger charge is -2.32. The normalized spacial score (nSPS) is 16.1. The highest BCUT2D eigenvalue weighted by molar-refractivity contribution is 5.95. The van der Waals surface area contributed by atoms with Crippen LogP contribution >= 0.6 is 0 Å². The van der Waals surface area contributed by atoms with Crippen molar-refractivity contribution >= 4 is 5.91 Å². The van der Waals surface area contributed by atoms with Gasteiger partial charge in [0.15, 0.2) is 0 Å². The minimum Gasteiger partial charge on any atom is -0.508 e. The van der Waals surface area contributed by atoms with Gasteiger partial charge >= 0.3 is 0 Å². The van der Waals surface area contributed by atoms with Gasteiger partial charge in [-0.25, -0.2) is 0 Å². The van der Waals surface area contributed by atoms with Crippen LogP contribution in [-0.2, 0) is 4.74 Å². The van der Waals surface area contributed by atoms with Gasteiger partial charge in [-0.3, -0.25) is 4.79 Å². The van der Waals surface area contributed by atoms with Gasteiger partial charge in [-0.2, -0.15) is 0 Å². The number of likely N-dealkylation sites (tertiary alicyclic amines) is 1. The standard InChI is InChI=1S/C15H22N2O4/c16-4-1-7-21-14-2-5-17(6-3-14)15(20)11-8-12(18)10-13(19)9-11/h8-10,14,18-19H,1-7,16H2. The van der Waals surface area contributed by atoms with E-state index >= 15 is 0 Å². The molecule has 1 saturated heterocycles. The molecule has 1 aromatic carbocycles. The fraction of sp³-hybridized carbons (Fsp3) is 0.533. The molecule has 6 heteroatoms. The zero-order valence-corrected chi connectivity index (χ0v) is 12.0. The molecule has 1 aliphatic heterocycles. The lowest BCUT2D eigenvalue weighted by molar-refractivity contribution is 0.00842. The monoisotopic (exact) mass is 294 g/mol. The third kappa shape index (κ3) is 4.34. The van der Waals surface area contributed by atoms with Crippen LogP contribution in [-0.4, -0.2) is 53.4 Å². The minimum atomic E-state index is -0.179. The van der Waals surface area contributed by atoms with Crippen molar-refractivity contribution < 1.29 is 19.7 Å². The summed E-state index contributed by atoms with van der Waals surface area (Å²) in [5.41, 5.74) is 5.72. The average molecular weight is 294 g/mol. The van der Waals surface area contributed by atoms with Gasteiger partial charge in [0.2, 0.25) is 0 Å². The Balaban J connectivity index is 1.88. The first kappa shape index (κ1) is 15.6. The van der Waals surface area contributed by atoms with Gasteiger partial charge in [-0.15, -0.1) is 0 Å². The molecule has 2 rings (SSSR count). The lowest BCUT2D eigenvalue weighted by atomic mass is 10.1. The summed E-state index contributed by atoms with van der Waals surface area (Å²) in [6, 6.07) is 3.94. The molecule has 1 fully saturated rings. The zero-order chi connectivity index (χ0) is 15.2. The number of phenolic OH excluding ortho intramolecular Hbond substituents is 2. The number of hydrogen-bond acceptors (Lipinski definition) is 5. The number of phenols is 2. The first-order valence-electron chi connectivity index (χ1n) is 7.24. The van der Waals surface area contributed by atoms with Crippen molar-refractivity contribution in [2.75, 3.05) is 26.2 Å². The summed E-state index contributed by atoms with van der Waals surface area (Å²) in [7, 11) is 0. The van der Waals surface area contributed by atoms with Gasteiger partial charge in [-0.05, 0) is 37.9 Å². The molecule has 6 nitrogen and oxygen atoms in total. The zero-order valence-electron chi connectivity index (χ0n) is 12.0. The molecule has 1 aliphatic rings. The Hall–Kier alpha value is -1.79. The van der Waals surface area contributed by atoms with Gasteiger partial charge in [0.05, 0.1) is 6.10 Å². The number of benzene rings is 1. The van der Waals surface area contributed by atoms with Crippen LogP contribution in [0.3, 0.4) is 0 Å².